The maximum Gasteiger partial charge on any atom is 0.413 e. The van der Waals surface area contributed by atoms with E-state index in [1.165, 1.54) is 9.80 Å². The van der Waals surface area contributed by atoms with Crippen LogP contribution in [-0.2, 0) is 0 Å². The molecule has 0 bridgehead atoms. The Morgan fingerprint density at radius 1 is 0.857 bits per heavy atom. The van der Waals surface area contributed by atoms with Gasteiger partial charge in [0.15, 0.2) is 0 Å². The van der Waals surface area contributed by atoms with Crippen molar-refractivity contribution in [1.82, 2.24) is 15.1 Å². The Bertz CT molecular complexity index is 1020. The predicted octanol–water partition coefficient (Wildman–Crippen LogP) is 5.11. The molecular formula is C24H34ClN5O5. The molecule has 0 saturated carbocycles. The highest BCUT2D eigenvalue weighted by molar-refractivity contribution is 6.32. The molecule has 0 aromatic heterocycles. The number of amides is 5. The van der Waals surface area contributed by atoms with Gasteiger partial charge in [0.1, 0.15) is 11.5 Å². The molecule has 0 unspecified atom stereocenters. The molecule has 0 spiro atoms. The van der Waals surface area contributed by atoms with E-state index in [4.69, 9.17) is 21.1 Å². The fourth-order valence-corrected chi connectivity index (χ4v) is 2.55. The molecule has 0 saturated heterocycles. The SMILES string of the molecule is CN(C)C(=O)Nc1cccc(OC(=O)NC(C)(C)C)c1.COc1ccc(NC(=O)N(C)C)cc1Cl. The molecule has 10 nitrogen and oxygen atoms in total. The molecule has 0 radical (unpaired) electrons. The average Bonchev–Trinajstić information content (AvgIpc) is 2.73. The van der Waals surface area contributed by atoms with Crippen LogP contribution in [0.15, 0.2) is 42.5 Å². The number of halogens is 1. The first-order chi connectivity index (χ1) is 16.2. The molecule has 2 aromatic carbocycles. The zero-order valence-electron chi connectivity index (χ0n) is 21.4. The first kappa shape index (κ1) is 29.4. The average molecular weight is 508 g/mol. The summed E-state index contributed by atoms with van der Waals surface area (Å²) in [7, 11) is 8.17. The van der Waals surface area contributed by atoms with Gasteiger partial charge in [0.05, 0.1) is 12.1 Å². The Hall–Kier alpha value is -3.66. The van der Waals surface area contributed by atoms with Crippen LogP contribution in [0.25, 0.3) is 0 Å². The molecule has 192 valence electrons. The minimum atomic E-state index is -0.534. The number of methoxy groups -OCH3 is 1. The van der Waals surface area contributed by atoms with Crippen LogP contribution in [0.5, 0.6) is 11.5 Å². The van der Waals surface area contributed by atoms with Gasteiger partial charge in [-0.05, 0) is 51.1 Å². The van der Waals surface area contributed by atoms with Crippen molar-refractivity contribution in [3.8, 4) is 11.5 Å². The van der Waals surface area contributed by atoms with Gasteiger partial charge in [-0.1, -0.05) is 17.7 Å². The highest BCUT2D eigenvalue weighted by atomic mass is 35.5. The van der Waals surface area contributed by atoms with Gasteiger partial charge in [-0.3, -0.25) is 0 Å². The third-order valence-corrected chi connectivity index (χ3v) is 4.28. The molecule has 0 heterocycles. The molecule has 0 atom stereocenters. The second kappa shape index (κ2) is 13.3. The van der Waals surface area contributed by atoms with Crippen LogP contribution < -0.4 is 25.4 Å². The third-order valence-electron chi connectivity index (χ3n) is 3.99. The molecule has 5 amide bonds. The molecule has 11 heteroatoms. The van der Waals surface area contributed by atoms with Crippen LogP contribution in [0.2, 0.25) is 5.02 Å². The second-order valence-electron chi connectivity index (χ2n) is 8.79. The maximum atomic E-state index is 11.6. The quantitative estimate of drug-likeness (QED) is 0.532. The van der Waals surface area contributed by atoms with Crippen molar-refractivity contribution in [2.75, 3.05) is 45.9 Å². The van der Waals surface area contributed by atoms with Crippen LogP contribution >= 0.6 is 11.6 Å². The Morgan fingerprint density at radius 2 is 1.40 bits per heavy atom. The van der Waals surface area contributed by atoms with Crippen molar-refractivity contribution in [3.63, 3.8) is 0 Å². The number of urea groups is 2. The summed E-state index contributed by atoms with van der Waals surface area (Å²) in [5.41, 5.74) is 0.831. The van der Waals surface area contributed by atoms with Crippen LogP contribution in [0.1, 0.15) is 20.8 Å². The van der Waals surface area contributed by atoms with Gasteiger partial charge >= 0.3 is 18.2 Å². The van der Waals surface area contributed by atoms with Crippen molar-refractivity contribution in [2.45, 2.75) is 26.3 Å². The Balaban J connectivity index is 0.000000365. The smallest absolute Gasteiger partial charge is 0.413 e. The minimum absolute atomic E-state index is 0.198. The summed E-state index contributed by atoms with van der Waals surface area (Å²) in [6.45, 7) is 5.59. The van der Waals surface area contributed by atoms with E-state index in [0.29, 0.717) is 27.9 Å². The van der Waals surface area contributed by atoms with E-state index in [0.717, 1.165) is 0 Å². The van der Waals surface area contributed by atoms with Crippen molar-refractivity contribution in [3.05, 3.63) is 47.5 Å². The zero-order chi connectivity index (χ0) is 26.8. The summed E-state index contributed by atoms with van der Waals surface area (Å²) in [4.78, 5) is 37.3. The number of hydrogen-bond acceptors (Lipinski definition) is 5. The topological polar surface area (TPSA) is 112 Å². The fraction of sp³-hybridized carbons (Fsp3) is 0.375. The lowest BCUT2D eigenvalue weighted by Gasteiger charge is -2.20. The summed E-state index contributed by atoms with van der Waals surface area (Å²) < 4.78 is 10.2. The lowest BCUT2D eigenvalue weighted by Crippen LogP contribution is -2.42. The molecule has 0 aliphatic carbocycles. The van der Waals surface area contributed by atoms with E-state index in [9.17, 15) is 14.4 Å². The number of benzene rings is 2. The van der Waals surface area contributed by atoms with Crippen molar-refractivity contribution < 1.29 is 23.9 Å². The van der Waals surface area contributed by atoms with Crippen molar-refractivity contribution in [2.24, 2.45) is 0 Å². The van der Waals surface area contributed by atoms with E-state index in [2.05, 4.69) is 16.0 Å². The van der Waals surface area contributed by atoms with Crippen molar-refractivity contribution >= 4 is 41.1 Å². The summed E-state index contributed by atoms with van der Waals surface area (Å²) in [5, 5.41) is 8.52. The Kier molecular flexibility index (Phi) is 11.1. The van der Waals surface area contributed by atoms with Gasteiger partial charge in [0.25, 0.3) is 0 Å². The van der Waals surface area contributed by atoms with Crippen LogP contribution in [0.4, 0.5) is 25.8 Å². The number of carbonyl (C=O) groups is 3. The van der Waals surface area contributed by atoms with E-state index in [1.54, 1.807) is 77.8 Å². The Morgan fingerprint density at radius 3 is 1.86 bits per heavy atom. The van der Waals surface area contributed by atoms with Crippen LogP contribution in [0, 0.1) is 0 Å². The number of carbonyl (C=O) groups excluding carboxylic acids is 3. The van der Waals surface area contributed by atoms with Gasteiger partial charge < -0.3 is 35.2 Å². The summed E-state index contributed by atoms with van der Waals surface area (Å²) >= 11 is 5.90. The second-order valence-corrected chi connectivity index (χ2v) is 9.20. The first-order valence-electron chi connectivity index (χ1n) is 10.6. The number of ether oxygens (including phenoxy) is 2. The van der Waals surface area contributed by atoms with E-state index >= 15 is 0 Å². The first-order valence-corrected chi connectivity index (χ1v) is 11.0. The molecule has 2 rings (SSSR count). The minimum Gasteiger partial charge on any atom is -0.495 e. The molecule has 0 aliphatic heterocycles. The predicted molar refractivity (Wildman–Crippen MR) is 139 cm³/mol. The lowest BCUT2D eigenvalue weighted by atomic mass is 10.1. The third kappa shape index (κ3) is 11.3. The highest BCUT2D eigenvalue weighted by Crippen LogP contribution is 2.27. The molecule has 2 aromatic rings. The van der Waals surface area contributed by atoms with E-state index in [1.807, 2.05) is 20.8 Å². The molecule has 0 fully saturated rings. The largest absolute Gasteiger partial charge is 0.495 e. The van der Waals surface area contributed by atoms with Gasteiger partial charge in [0, 0.05) is 51.2 Å². The number of nitrogens with zero attached hydrogens (tertiary/aromatic N) is 2. The van der Waals surface area contributed by atoms with Crippen LogP contribution in [0.3, 0.4) is 0 Å². The number of rotatable bonds is 4. The summed E-state index contributed by atoms with van der Waals surface area (Å²) in [6.07, 6.45) is -0.534. The van der Waals surface area contributed by atoms with Crippen molar-refractivity contribution in [1.29, 1.82) is 0 Å². The van der Waals surface area contributed by atoms with Gasteiger partial charge in [0.2, 0.25) is 0 Å². The summed E-state index contributed by atoms with van der Waals surface area (Å²) in [6, 6.07) is 11.3. The fourth-order valence-electron chi connectivity index (χ4n) is 2.29. The molecular weight excluding hydrogens is 474 g/mol. The normalized spacial score (nSPS) is 10.2. The van der Waals surface area contributed by atoms with Gasteiger partial charge in [-0.25, -0.2) is 14.4 Å². The maximum absolute atomic E-state index is 11.6. The number of anilines is 2. The van der Waals surface area contributed by atoms with Gasteiger partial charge in [-0.15, -0.1) is 0 Å². The number of hydrogen-bond donors (Lipinski definition) is 3. The summed E-state index contributed by atoms with van der Waals surface area (Å²) in [5.74, 6) is 0.947. The van der Waals surface area contributed by atoms with Gasteiger partial charge in [-0.2, -0.15) is 0 Å². The molecule has 35 heavy (non-hydrogen) atoms. The monoisotopic (exact) mass is 507 g/mol. The number of nitrogens with one attached hydrogen (secondary N) is 3. The lowest BCUT2D eigenvalue weighted by molar-refractivity contribution is 0.190. The Labute approximate surface area is 211 Å². The molecule has 0 aliphatic rings. The van der Waals surface area contributed by atoms with E-state index < -0.39 is 6.09 Å². The van der Waals surface area contributed by atoms with Crippen LogP contribution in [-0.4, -0.2) is 68.8 Å². The molecule has 3 N–H and O–H groups in total. The highest BCUT2D eigenvalue weighted by Gasteiger charge is 2.15. The van der Waals surface area contributed by atoms with E-state index in [-0.39, 0.29) is 17.6 Å². The standard InChI is InChI=1S/C14H21N3O3.C10H13ClN2O2/c1-14(2,3)16-13(19)20-11-8-6-7-10(9-11)15-12(18)17(4)5;1-13(2)10(14)12-7-4-5-9(15-3)8(11)6-7/h6-9H,1-5H3,(H,15,18)(H,16,19);4-6H,1-3H3,(H,12,14). The zero-order valence-corrected chi connectivity index (χ0v) is 22.1.